The van der Waals surface area contributed by atoms with E-state index in [0.717, 1.165) is 5.56 Å². The molecule has 2 amide bonds. The minimum atomic E-state index is -0.632. The van der Waals surface area contributed by atoms with Crippen LogP contribution < -0.4 is 19.7 Å². The lowest BCUT2D eigenvalue weighted by Crippen LogP contribution is -2.34. The number of benzene rings is 2. The van der Waals surface area contributed by atoms with Crippen LogP contribution in [-0.2, 0) is 9.59 Å². The van der Waals surface area contributed by atoms with Gasteiger partial charge < -0.3 is 14.8 Å². The number of amides is 2. The van der Waals surface area contributed by atoms with Crippen LogP contribution in [0.5, 0.6) is 11.5 Å². The number of hydrogen-bond donors (Lipinski definition) is 1. The Morgan fingerprint density at radius 1 is 1.12 bits per heavy atom. The molecule has 6 nitrogen and oxygen atoms in total. The highest BCUT2D eigenvalue weighted by molar-refractivity contribution is 6.32. The van der Waals surface area contributed by atoms with Gasteiger partial charge in [-0.25, -0.2) is 4.90 Å². The van der Waals surface area contributed by atoms with Crippen molar-refractivity contribution >= 4 is 34.8 Å². The van der Waals surface area contributed by atoms with Crippen molar-refractivity contribution < 1.29 is 19.1 Å². The van der Waals surface area contributed by atoms with Gasteiger partial charge in [0.1, 0.15) is 6.04 Å². The lowest BCUT2D eigenvalue weighted by Gasteiger charge is -2.17. The monoisotopic (exact) mass is 358 g/mol. The number of fused-ring (bicyclic) bond motifs is 1. The molecule has 2 aromatic rings. The van der Waals surface area contributed by atoms with Crippen LogP contribution in [0, 0.1) is 6.92 Å². The van der Waals surface area contributed by atoms with Crippen molar-refractivity contribution in [3.63, 3.8) is 0 Å². The maximum Gasteiger partial charge on any atom is 0.256 e. The first kappa shape index (κ1) is 15.8. The van der Waals surface area contributed by atoms with Crippen LogP contribution in [0.3, 0.4) is 0 Å². The third kappa shape index (κ3) is 2.78. The number of hydrogen-bond acceptors (Lipinski definition) is 5. The first-order valence-electron chi connectivity index (χ1n) is 7.82. The number of anilines is 2. The summed E-state index contributed by atoms with van der Waals surface area (Å²) in [7, 11) is 0. The van der Waals surface area contributed by atoms with E-state index in [0.29, 0.717) is 27.9 Å². The average molecular weight is 359 g/mol. The van der Waals surface area contributed by atoms with Gasteiger partial charge in [-0.2, -0.15) is 0 Å². The van der Waals surface area contributed by atoms with Gasteiger partial charge in [-0.3, -0.25) is 9.59 Å². The van der Waals surface area contributed by atoms with Crippen molar-refractivity contribution in [1.29, 1.82) is 0 Å². The summed E-state index contributed by atoms with van der Waals surface area (Å²) in [4.78, 5) is 26.2. The number of carbonyl (C=O) groups excluding carboxylic acids is 2. The molecule has 2 aliphatic rings. The second-order valence-electron chi connectivity index (χ2n) is 5.97. The predicted molar refractivity (Wildman–Crippen MR) is 93.3 cm³/mol. The Kier molecular flexibility index (Phi) is 3.77. The second-order valence-corrected chi connectivity index (χ2v) is 6.38. The summed E-state index contributed by atoms with van der Waals surface area (Å²) < 4.78 is 10.6. The van der Waals surface area contributed by atoms with Gasteiger partial charge in [0.2, 0.25) is 12.7 Å². The highest BCUT2D eigenvalue weighted by atomic mass is 35.5. The fraction of sp³-hybridized carbons (Fsp3) is 0.222. The molecular formula is C18H15ClN2O4. The molecule has 0 aliphatic carbocycles. The van der Waals surface area contributed by atoms with Gasteiger partial charge in [0.15, 0.2) is 11.5 Å². The van der Waals surface area contributed by atoms with Crippen LogP contribution in [0.25, 0.3) is 0 Å². The highest BCUT2D eigenvalue weighted by Crippen LogP contribution is 2.35. The Labute approximate surface area is 149 Å². The molecule has 128 valence electrons. The summed E-state index contributed by atoms with van der Waals surface area (Å²) in [6.07, 6.45) is 0.0821. The van der Waals surface area contributed by atoms with Crippen molar-refractivity contribution in [3.8, 4) is 11.5 Å². The SMILES string of the molecule is Cc1ccc(N2C(=O)C[C@H](Nc3ccc4c(c3)OCO4)C2=O)cc1Cl. The summed E-state index contributed by atoms with van der Waals surface area (Å²) in [5.74, 6) is 0.713. The molecule has 2 heterocycles. The van der Waals surface area contributed by atoms with Gasteiger partial charge in [0.05, 0.1) is 12.1 Å². The van der Waals surface area contributed by atoms with Crippen molar-refractivity contribution in [2.24, 2.45) is 0 Å². The molecule has 25 heavy (non-hydrogen) atoms. The molecule has 0 spiro atoms. The lowest BCUT2D eigenvalue weighted by atomic mass is 10.2. The van der Waals surface area contributed by atoms with E-state index in [9.17, 15) is 9.59 Å². The molecule has 0 unspecified atom stereocenters. The first-order chi connectivity index (χ1) is 12.0. The zero-order valence-corrected chi connectivity index (χ0v) is 14.2. The Morgan fingerprint density at radius 2 is 1.92 bits per heavy atom. The number of rotatable bonds is 3. The normalized spacial score (nSPS) is 18.8. The van der Waals surface area contributed by atoms with E-state index in [1.54, 1.807) is 36.4 Å². The molecule has 7 heteroatoms. The number of carbonyl (C=O) groups is 2. The van der Waals surface area contributed by atoms with Crippen LogP contribution >= 0.6 is 11.6 Å². The average Bonchev–Trinajstić information content (AvgIpc) is 3.15. The van der Waals surface area contributed by atoms with Crippen LogP contribution in [0.4, 0.5) is 11.4 Å². The summed E-state index contributed by atoms with van der Waals surface area (Å²) in [5.41, 5.74) is 2.07. The van der Waals surface area contributed by atoms with Crippen molar-refractivity contribution in [2.75, 3.05) is 17.0 Å². The quantitative estimate of drug-likeness (QED) is 0.854. The van der Waals surface area contributed by atoms with Crippen molar-refractivity contribution in [2.45, 2.75) is 19.4 Å². The fourth-order valence-electron chi connectivity index (χ4n) is 2.92. The maximum atomic E-state index is 12.7. The number of aryl methyl sites for hydroxylation is 1. The van der Waals surface area contributed by atoms with E-state index < -0.39 is 6.04 Å². The molecule has 0 bridgehead atoms. The Bertz CT molecular complexity index is 883. The van der Waals surface area contributed by atoms with Gasteiger partial charge in [-0.05, 0) is 36.8 Å². The van der Waals surface area contributed by atoms with Gasteiger partial charge in [0.25, 0.3) is 5.91 Å². The minimum Gasteiger partial charge on any atom is -0.454 e. The van der Waals surface area contributed by atoms with Gasteiger partial charge in [-0.15, -0.1) is 0 Å². The van der Waals surface area contributed by atoms with Crippen LogP contribution in [0.2, 0.25) is 5.02 Å². The third-order valence-electron chi connectivity index (χ3n) is 4.27. The predicted octanol–water partition coefficient (Wildman–Crippen LogP) is 3.12. The molecule has 2 aromatic carbocycles. The Hall–Kier alpha value is -2.73. The molecule has 1 fully saturated rings. The number of halogens is 1. The molecule has 0 radical (unpaired) electrons. The topological polar surface area (TPSA) is 67.9 Å². The van der Waals surface area contributed by atoms with E-state index >= 15 is 0 Å². The molecule has 1 N–H and O–H groups in total. The molecule has 1 atom stereocenters. The number of imide groups is 1. The highest BCUT2D eigenvalue weighted by Gasteiger charge is 2.39. The molecule has 0 saturated carbocycles. The van der Waals surface area contributed by atoms with Gasteiger partial charge >= 0.3 is 0 Å². The number of nitrogens with zero attached hydrogens (tertiary/aromatic N) is 1. The smallest absolute Gasteiger partial charge is 0.256 e. The van der Waals surface area contributed by atoms with Gasteiger partial charge in [0, 0.05) is 16.8 Å². The zero-order chi connectivity index (χ0) is 17.6. The number of ether oxygens (including phenoxy) is 2. The third-order valence-corrected chi connectivity index (χ3v) is 4.68. The summed E-state index contributed by atoms with van der Waals surface area (Å²) in [5, 5.41) is 3.61. The molecular weight excluding hydrogens is 344 g/mol. The first-order valence-corrected chi connectivity index (χ1v) is 8.20. The maximum absolute atomic E-state index is 12.7. The minimum absolute atomic E-state index is 0.0821. The van der Waals surface area contributed by atoms with Crippen LogP contribution in [-0.4, -0.2) is 24.6 Å². The van der Waals surface area contributed by atoms with E-state index in [1.807, 2.05) is 6.92 Å². The summed E-state index contributed by atoms with van der Waals surface area (Å²) in [6, 6.07) is 9.82. The van der Waals surface area contributed by atoms with E-state index in [2.05, 4.69) is 5.32 Å². The Balaban J connectivity index is 1.55. The lowest BCUT2D eigenvalue weighted by molar-refractivity contribution is -0.121. The number of nitrogens with one attached hydrogen (secondary N) is 1. The molecule has 4 rings (SSSR count). The largest absolute Gasteiger partial charge is 0.454 e. The molecule has 2 aliphatic heterocycles. The van der Waals surface area contributed by atoms with E-state index in [1.165, 1.54) is 4.90 Å². The Morgan fingerprint density at radius 3 is 2.72 bits per heavy atom. The van der Waals surface area contributed by atoms with Crippen LogP contribution in [0.15, 0.2) is 36.4 Å². The van der Waals surface area contributed by atoms with Crippen molar-refractivity contribution in [3.05, 3.63) is 47.0 Å². The van der Waals surface area contributed by atoms with E-state index in [-0.39, 0.29) is 25.0 Å². The molecule has 0 aromatic heterocycles. The standard InChI is InChI=1S/C18H15ClN2O4/c1-10-2-4-12(7-13(10)19)21-17(22)8-14(18(21)23)20-11-3-5-15-16(6-11)25-9-24-15/h2-7,14,20H,8-9H2,1H3/t14-/m0/s1. The fourth-order valence-corrected chi connectivity index (χ4v) is 3.10. The second kappa shape index (κ2) is 5.97. The van der Waals surface area contributed by atoms with Gasteiger partial charge in [-0.1, -0.05) is 17.7 Å². The van der Waals surface area contributed by atoms with E-state index in [4.69, 9.17) is 21.1 Å². The van der Waals surface area contributed by atoms with Crippen molar-refractivity contribution in [1.82, 2.24) is 0 Å². The molecule has 1 saturated heterocycles. The zero-order valence-electron chi connectivity index (χ0n) is 13.4. The summed E-state index contributed by atoms with van der Waals surface area (Å²) >= 11 is 6.12. The summed E-state index contributed by atoms with van der Waals surface area (Å²) in [6.45, 7) is 2.05. The van der Waals surface area contributed by atoms with Crippen LogP contribution in [0.1, 0.15) is 12.0 Å².